The molecule has 1 heterocycles. The van der Waals surface area contributed by atoms with Crippen LogP contribution in [0.1, 0.15) is 42.1 Å². The molecule has 0 atom stereocenters. The summed E-state index contributed by atoms with van der Waals surface area (Å²) in [5, 5.41) is 10.3. The summed E-state index contributed by atoms with van der Waals surface area (Å²) in [4.78, 5) is 11.4. The van der Waals surface area contributed by atoms with Crippen LogP contribution in [0.2, 0.25) is 0 Å². The third-order valence-corrected chi connectivity index (χ3v) is 3.62. The van der Waals surface area contributed by atoms with Crippen LogP contribution in [0, 0.1) is 0 Å². The van der Waals surface area contributed by atoms with E-state index < -0.39 is 5.97 Å². The van der Waals surface area contributed by atoms with Crippen molar-refractivity contribution < 1.29 is 9.90 Å². The van der Waals surface area contributed by atoms with Gasteiger partial charge in [0.15, 0.2) is 0 Å². The highest BCUT2D eigenvalue weighted by molar-refractivity contribution is 6.04. The number of fused-ring (bicyclic) bond motifs is 1. The second-order valence-electron chi connectivity index (χ2n) is 5.10. The second kappa shape index (κ2) is 6.57. The monoisotopic (exact) mass is 274 g/mol. The molecule has 1 aromatic carbocycles. The lowest BCUT2D eigenvalue weighted by Crippen LogP contribution is -2.05. The molecule has 4 heteroatoms. The SMILES string of the molecule is CCCCc1cn(CCCN)c2cccc(C(=O)O)c12. The molecule has 20 heavy (non-hydrogen) atoms. The number of benzene rings is 1. The first-order valence-corrected chi connectivity index (χ1v) is 7.23. The number of hydrogen-bond donors (Lipinski definition) is 2. The minimum atomic E-state index is -0.857. The lowest BCUT2D eigenvalue weighted by atomic mass is 10.0. The maximum absolute atomic E-state index is 11.4. The Labute approximate surface area is 119 Å². The molecule has 0 amide bonds. The Morgan fingerprint density at radius 1 is 1.35 bits per heavy atom. The molecule has 2 rings (SSSR count). The molecule has 0 fully saturated rings. The molecule has 0 spiro atoms. The summed E-state index contributed by atoms with van der Waals surface area (Å²) >= 11 is 0. The first-order chi connectivity index (χ1) is 9.69. The number of aromatic nitrogens is 1. The van der Waals surface area contributed by atoms with Gasteiger partial charge in [-0.05, 0) is 43.5 Å². The fraction of sp³-hybridized carbons (Fsp3) is 0.438. The molecule has 0 aliphatic carbocycles. The summed E-state index contributed by atoms with van der Waals surface area (Å²) < 4.78 is 2.14. The number of unbranched alkanes of at least 4 members (excludes halogenated alkanes) is 1. The summed E-state index contributed by atoms with van der Waals surface area (Å²) in [6.07, 6.45) is 6.10. The molecule has 0 aliphatic rings. The van der Waals surface area contributed by atoms with Gasteiger partial charge in [-0.3, -0.25) is 0 Å². The zero-order chi connectivity index (χ0) is 14.5. The van der Waals surface area contributed by atoms with Crippen molar-refractivity contribution in [2.75, 3.05) is 6.54 Å². The van der Waals surface area contributed by atoms with Gasteiger partial charge in [-0.15, -0.1) is 0 Å². The van der Waals surface area contributed by atoms with E-state index in [2.05, 4.69) is 17.7 Å². The number of nitrogens with zero attached hydrogens (tertiary/aromatic N) is 1. The van der Waals surface area contributed by atoms with Crippen LogP contribution in [0.15, 0.2) is 24.4 Å². The van der Waals surface area contributed by atoms with E-state index in [9.17, 15) is 9.90 Å². The molecular formula is C16H22N2O2. The number of aryl methyl sites for hydroxylation is 2. The topological polar surface area (TPSA) is 68.2 Å². The number of hydrogen-bond acceptors (Lipinski definition) is 2. The van der Waals surface area contributed by atoms with Gasteiger partial charge in [0.05, 0.1) is 5.56 Å². The first-order valence-electron chi connectivity index (χ1n) is 7.23. The minimum Gasteiger partial charge on any atom is -0.478 e. The van der Waals surface area contributed by atoms with Crippen LogP contribution in [0.3, 0.4) is 0 Å². The standard InChI is InChI=1S/C16H22N2O2/c1-2-3-6-12-11-18(10-5-9-17)14-8-4-7-13(15(12)14)16(19)20/h4,7-8,11H,2-3,5-6,9-10,17H2,1H3,(H,19,20). The molecule has 0 bridgehead atoms. The number of nitrogens with two attached hydrogens (primary N) is 1. The van der Waals surface area contributed by atoms with E-state index in [1.165, 1.54) is 0 Å². The van der Waals surface area contributed by atoms with Gasteiger partial charge in [0.2, 0.25) is 0 Å². The van der Waals surface area contributed by atoms with Crippen LogP contribution in [-0.2, 0) is 13.0 Å². The number of carboxylic acid groups (broad SMARTS) is 1. The molecule has 0 radical (unpaired) electrons. The zero-order valence-electron chi connectivity index (χ0n) is 11.9. The van der Waals surface area contributed by atoms with Crippen LogP contribution in [-0.4, -0.2) is 22.2 Å². The van der Waals surface area contributed by atoms with Crippen LogP contribution in [0.4, 0.5) is 0 Å². The first kappa shape index (κ1) is 14.6. The molecule has 0 unspecified atom stereocenters. The van der Waals surface area contributed by atoms with E-state index in [1.54, 1.807) is 6.07 Å². The Hall–Kier alpha value is -1.81. The molecule has 4 nitrogen and oxygen atoms in total. The van der Waals surface area contributed by atoms with Crippen molar-refractivity contribution in [3.63, 3.8) is 0 Å². The van der Waals surface area contributed by atoms with E-state index in [0.717, 1.165) is 48.7 Å². The highest BCUT2D eigenvalue weighted by Gasteiger charge is 2.15. The van der Waals surface area contributed by atoms with E-state index >= 15 is 0 Å². The summed E-state index contributed by atoms with van der Waals surface area (Å²) in [7, 11) is 0. The Kier molecular flexibility index (Phi) is 4.79. The van der Waals surface area contributed by atoms with Gasteiger partial charge in [-0.1, -0.05) is 19.4 Å². The van der Waals surface area contributed by atoms with Gasteiger partial charge in [-0.25, -0.2) is 4.79 Å². The normalized spacial score (nSPS) is 11.1. The number of rotatable bonds is 7. The largest absolute Gasteiger partial charge is 0.478 e. The van der Waals surface area contributed by atoms with Crippen LogP contribution < -0.4 is 5.73 Å². The Morgan fingerprint density at radius 2 is 2.15 bits per heavy atom. The van der Waals surface area contributed by atoms with E-state index in [1.807, 2.05) is 12.1 Å². The van der Waals surface area contributed by atoms with Crippen molar-refractivity contribution in [1.82, 2.24) is 4.57 Å². The second-order valence-corrected chi connectivity index (χ2v) is 5.10. The van der Waals surface area contributed by atoms with Gasteiger partial charge in [0.25, 0.3) is 0 Å². The molecule has 2 aromatic rings. The maximum Gasteiger partial charge on any atom is 0.336 e. The van der Waals surface area contributed by atoms with Gasteiger partial charge >= 0.3 is 5.97 Å². The molecule has 108 valence electrons. The average molecular weight is 274 g/mol. The van der Waals surface area contributed by atoms with Gasteiger partial charge in [-0.2, -0.15) is 0 Å². The molecule has 3 N–H and O–H groups in total. The summed E-state index contributed by atoms with van der Waals surface area (Å²) in [6, 6.07) is 5.50. The predicted octanol–water partition coefficient (Wildman–Crippen LogP) is 3.03. The minimum absolute atomic E-state index is 0.403. The van der Waals surface area contributed by atoms with Gasteiger partial charge in [0.1, 0.15) is 0 Å². The lowest BCUT2D eigenvalue weighted by Gasteiger charge is -2.04. The van der Waals surface area contributed by atoms with Crippen LogP contribution >= 0.6 is 0 Å². The Balaban J connectivity index is 2.54. The van der Waals surface area contributed by atoms with Gasteiger partial charge in [0, 0.05) is 23.6 Å². The molecule has 1 aromatic heterocycles. The predicted molar refractivity (Wildman–Crippen MR) is 81.2 cm³/mol. The van der Waals surface area contributed by atoms with E-state index in [0.29, 0.717) is 12.1 Å². The van der Waals surface area contributed by atoms with E-state index in [4.69, 9.17) is 5.73 Å². The van der Waals surface area contributed by atoms with Crippen molar-refractivity contribution >= 4 is 16.9 Å². The Morgan fingerprint density at radius 3 is 2.80 bits per heavy atom. The number of carboxylic acids is 1. The van der Waals surface area contributed by atoms with Crippen molar-refractivity contribution in [3.8, 4) is 0 Å². The number of carbonyl (C=O) groups is 1. The van der Waals surface area contributed by atoms with Crippen molar-refractivity contribution in [3.05, 3.63) is 35.5 Å². The highest BCUT2D eigenvalue weighted by Crippen LogP contribution is 2.27. The van der Waals surface area contributed by atoms with Gasteiger partial charge < -0.3 is 15.4 Å². The molecular weight excluding hydrogens is 252 g/mol. The van der Waals surface area contributed by atoms with E-state index in [-0.39, 0.29) is 0 Å². The number of aromatic carboxylic acids is 1. The zero-order valence-corrected chi connectivity index (χ0v) is 11.9. The van der Waals surface area contributed by atoms with Crippen LogP contribution in [0.5, 0.6) is 0 Å². The molecule has 0 saturated carbocycles. The maximum atomic E-state index is 11.4. The summed E-state index contributed by atoms with van der Waals surface area (Å²) in [6.45, 7) is 3.62. The third-order valence-electron chi connectivity index (χ3n) is 3.62. The fourth-order valence-corrected chi connectivity index (χ4v) is 2.62. The summed E-state index contributed by atoms with van der Waals surface area (Å²) in [5.41, 5.74) is 8.12. The molecule has 0 saturated heterocycles. The lowest BCUT2D eigenvalue weighted by molar-refractivity contribution is 0.0699. The quantitative estimate of drug-likeness (QED) is 0.815. The third kappa shape index (κ3) is 2.85. The fourth-order valence-electron chi connectivity index (χ4n) is 2.62. The average Bonchev–Trinajstić information content (AvgIpc) is 2.80. The smallest absolute Gasteiger partial charge is 0.336 e. The summed E-state index contributed by atoms with van der Waals surface area (Å²) in [5.74, 6) is -0.857. The Bertz CT molecular complexity index is 602. The van der Waals surface area contributed by atoms with Crippen molar-refractivity contribution in [2.24, 2.45) is 5.73 Å². The highest BCUT2D eigenvalue weighted by atomic mass is 16.4. The molecule has 0 aliphatic heterocycles. The van der Waals surface area contributed by atoms with Crippen molar-refractivity contribution in [2.45, 2.75) is 39.2 Å². The van der Waals surface area contributed by atoms with Crippen molar-refractivity contribution in [1.29, 1.82) is 0 Å². The van der Waals surface area contributed by atoms with Crippen LogP contribution in [0.25, 0.3) is 10.9 Å².